The van der Waals surface area contributed by atoms with Gasteiger partial charge in [0.2, 0.25) is 0 Å². The molecule has 0 saturated carbocycles. The Hall–Kier alpha value is -1.17. The van der Waals surface area contributed by atoms with Crippen LogP contribution in [0.3, 0.4) is 0 Å². The maximum atomic E-state index is 11.8. The third-order valence-corrected chi connectivity index (χ3v) is 2.32. The van der Waals surface area contributed by atoms with Crippen LogP contribution in [0.1, 0.15) is 40.0 Å². The van der Waals surface area contributed by atoms with Crippen LogP contribution in [-0.4, -0.2) is 29.2 Å². The molecular formula is C12H19NO2. The van der Waals surface area contributed by atoms with E-state index < -0.39 is 5.60 Å². The van der Waals surface area contributed by atoms with Gasteiger partial charge in [0.05, 0.1) is 6.04 Å². The SMILES string of the molecule is C#C[C@H]1CCCCN1C(=O)OC(C)(C)C. The van der Waals surface area contributed by atoms with Crippen molar-refractivity contribution in [1.29, 1.82) is 0 Å². The van der Waals surface area contributed by atoms with Crippen LogP contribution in [0.15, 0.2) is 0 Å². The molecule has 0 aromatic rings. The quantitative estimate of drug-likeness (QED) is 0.573. The Morgan fingerprint density at radius 3 is 2.67 bits per heavy atom. The molecule has 3 heteroatoms. The number of rotatable bonds is 0. The van der Waals surface area contributed by atoms with E-state index in [4.69, 9.17) is 11.2 Å². The van der Waals surface area contributed by atoms with Crippen molar-refractivity contribution in [3.05, 3.63) is 0 Å². The minimum atomic E-state index is -0.451. The molecule has 15 heavy (non-hydrogen) atoms. The van der Waals surface area contributed by atoms with Crippen molar-refractivity contribution < 1.29 is 9.53 Å². The number of carbonyl (C=O) groups is 1. The summed E-state index contributed by atoms with van der Waals surface area (Å²) in [5.74, 6) is 2.65. The van der Waals surface area contributed by atoms with Crippen molar-refractivity contribution in [2.45, 2.75) is 51.7 Å². The van der Waals surface area contributed by atoms with Crippen LogP contribution in [0.2, 0.25) is 0 Å². The van der Waals surface area contributed by atoms with Gasteiger partial charge < -0.3 is 4.74 Å². The summed E-state index contributed by atoms with van der Waals surface area (Å²) in [6.07, 6.45) is 8.10. The molecule has 1 fully saturated rings. The van der Waals surface area contributed by atoms with Gasteiger partial charge in [-0.15, -0.1) is 6.42 Å². The van der Waals surface area contributed by atoms with Crippen molar-refractivity contribution in [3.8, 4) is 12.3 Å². The van der Waals surface area contributed by atoms with Gasteiger partial charge in [0.15, 0.2) is 0 Å². The van der Waals surface area contributed by atoms with Gasteiger partial charge in [-0.05, 0) is 40.0 Å². The predicted octanol–water partition coefficient (Wildman–Crippen LogP) is 2.41. The number of nitrogens with zero attached hydrogens (tertiary/aromatic N) is 1. The van der Waals surface area contributed by atoms with Crippen molar-refractivity contribution in [2.75, 3.05) is 6.54 Å². The Kier molecular flexibility index (Phi) is 3.62. The molecule has 1 atom stereocenters. The summed E-state index contributed by atoms with van der Waals surface area (Å²) in [5.41, 5.74) is -0.451. The van der Waals surface area contributed by atoms with Crippen LogP contribution in [-0.2, 0) is 4.74 Å². The third kappa shape index (κ3) is 3.47. The van der Waals surface area contributed by atoms with Crippen molar-refractivity contribution in [3.63, 3.8) is 0 Å². The molecule has 3 nitrogen and oxygen atoms in total. The summed E-state index contributed by atoms with van der Waals surface area (Å²) >= 11 is 0. The minimum Gasteiger partial charge on any atom is -0.444 e. The van der Waals surface area contributed by atoms with Gasteiger partial charge in [0.25, 0.3) is 0 Å². The molecule has 0 spiro atoms. The second-order valence-corrected chi connectivity index (χ2v) is 4.85. The number of likely N-dealkylation sites (tertiary alicyclic amines) is 1. The standard InChI is InChI=1S/C12H19NO2/c1-5-10-8-6-7-9-13(10)11(14)15-12(2,3)4/h1,10H,6-9H2,2-4H3/t10-/m0/s1. The van der Waals surface area contributed by atoms with Gasteiger partial charge in [0.1, 0.15) is 5.60 Å². The fraction of sp³-hybridized carbons (Fsp3) is 0.750. The highest BCUT2D eigenvalue weighted by Gasteiger charge is 2.28. The Morgan fingerprint density at radius 2 is 2.13 bits per heavy atom. The van der Waals surface area contributed by atoms with E-state index in [1.54, 1.807) is 4.90 Å². The summed E-state index contributed by atoms with van der Waals surface area (Å²) in [6, 6.07) is -0.0893. The predicted molar refractivity (Wildman–Crippen MR) is 59.4 cm³/mol. The fourth-order valence-corrected chi connectivity index (χ4v) is 1.64. The summed E-state index contributed by atoms with van der Waals surface area (Å²) in [4.78, 5) is 13.5. The van der Waals surface area contributed by atoms with Crippen LogP contribution in [0.25, 0.3) is 0 Å². The minimum absolute atomic E-state index is 0.0893. The summed E-state index contributed by atoms with van der Waals surface area (Å²) < 4.78 is 5.30. The highest BCUT2D eigenvalue weighted by atomic mass is 16.6. The number of amides is 1. The van der Waals surface area contributed by atoms with Gasteiger partial charge in [-0.2, -0.15) is 0 Å². The van der Waals surface area contributed by atoms with E-state index in [0.29, 0.717) is 6.54 Å². The highest BCUT2D eigenvalue weighted by Crippen LogP contribution is 2.19. The second-order valence-electron chi connectivity index (χ2n) is 4.85. The maximum absolute atomic E-state index is 11.8. The summed E-state index contributed by atoms with van der Waals surface area (Å²) in [6.45, 7) is 6.29. The van der Waals surface area contributed by atoms with Gasteiger partial charge in [0, 0.05) is 6.54 Å². The Balaban J connectivity index is 2.61. The lowest BCUT2D eigenvalue weighted by molar-refractivity contribution is 0.0158. The van der Waals surface area contributed by atoms with Crippen LogP contribution < -0.4 is 0 Å². The molecule has 1 rings (SSSR count). The third-order valence-electron chi connectivity index (χ3n) is 2.32. The molecule has 0 radical (unpaired) electrons. The van der Waals surface area contributed by atoms with E-state index in [1.165, 1.54) is 0 Å². The first-order valence-electron chi connectivity index (χ1n) is 5.40. The van der Waals surface area contributed by atoms with Crippen LogP contribution in [0, 0.1) is 12.3 Å². The molecule has 0 unspecified atom stereocenters. The maximum Gasteiger partial charge on any atom is 0.411 e. The normalized spacial score (nSPS) is 22.0. The topological polar surface area (TPSA) is 29.5 Å². The molecule has 0 aromatic heterocycles. The number of carbonyl (C=O) groups excluding carboxylic acids is 1. The zero-order valence-electron chi connectivity index (χ0n) is 9.75. The van der Waals surface area contributed by atoms with E-state index in [0.717, 1.165) is 19.3 Å². The molecule has 1 saturated heterocycles. The molecule has 1 amide bonds. The molecule has 1 aliphatic heterocycles. The number of ether oxygens (including phenoxy) is 1. The molecular weight excluding hydrogens is 190 g/mol. The monoisotopic (exact) mass is 209 g/mol. The lowest BCUT2D eigenvalue weighted by Crippen LogP contribution is -2.45. The first-order valence-corrected chi connectivity index (χ1v) is 5.40. The average molecular weight is 209 g/mol. The van der Waals surface area contributed by atoms with E-state index in [-0.39, 0.29) is 12.1 Å². The molecule has 1 aliphatic rings. The largest absolute Gasteiger partial charge is 0.444 e. The smallest absolute Gasteiger partial charge is 0.411 e. The lowest BCUT2D eigenvalue weighted by atomic mass is 10.0. The van der Waals surface area contributed by atoms with E-state index >= 15 is 0 Å². The van der Waals surface area contributed by atoms with Crippen LogP contribution in [0.4, 0.5) is 4.79 Å². The number of hydrogen-bond donors (Lipinski definition) is 0. The summed E-state index contributed by atoms with van der Waals surface area (Å²) in [5, 5.41) is 0. The van der Waals surface area contributed by atoms with E-state index in [9.17, 15) is 4.79 Å². The Morgan fingerprint density at radius 1 is 1.47 bits per heavy atom. The second kappa shape index (κ2) is 4.57. The van der Waals surface area contributed by atoms with E-state index in [2.05, 4.69) is 5.92 Å². The number of piperidine rings is 1. The Bertz CT molecular complexity index is 272. The van der Waals surface area contributed by atoms with E-state index in [1.807, 2.05) is 20.8 Å². The van der Waals surface area contributed by atoms with Crippen molar-refractivity contribution in [1.82, 2.24) is 4.90 Å². The van der Waals surface area contributed by atoms with Gasteiger partial charge in [-0.1, -0.05) is 5.92 Å². The van der Waals surface area contributed by atoms with Crippen LogP contribution >= 0.6 is 0 Å². The zero-order chi connectivity index (χ0) is 11.5. The van der Waals surface area contributed by atoms with Crippen molar-refractivity contribution in [2.24, 2.45) is 0 Å². The summed E-state index contributed by atoms with van der Waals surface area (Å²) in [7, 11) is 0. The molecule has 0 N–H and O–H groups in total. The Labute approximate surface area is 91.8 Å². The first-order chi connectivity index (χ1) is 6.94. The van der Waals surface area contributed by atoms with Crippen LogP contribution in [0.5, 0.6) is 0 Å². The average Bonchev–Trinajstić information content (AvgIpc) is 2.15. The number of hydrogen-bond acceptors (Lipinski definition) is 2. The zero-order valence-corrected chi connectivity index (χ0v) is 9.75. The van der Waals surface area contributed by atoms with Crippen molar-refractivity contribution >= 4 is 6.09 Å². The lowest BCUT2D eigenvalue weighted by Gasteiger charge is -2.34. The molecule has 1 heterocycles. The first kappa shape index (κ1) is 11.9. The van der Waals surface area contributed by atoms with Gasteiger partial charge in [-0.25, -0.2) is 4.79 Å². The molecule has 0 aromatic carbocycles. The highest BCUT2D eigenvalue weighted by molar-refractivity contribution is 5.69. The van der Waals surface area contributed by atoms with Gasteiger partial charge in [-0.3, -0.25) is 4.90 Å². The van der Waals surface area contributed by atoms with Gasteiger partial charge >= 0.3 is 6.09 Å². The molecule has 0 aliphatic carbocycles. The molecule has 84 valence electrons. The molecule has 0 bridgehead atoms. The fourth-order valence-electron chi connectivity index (χ4n) is 1.64. The number of terminal acetylenes is 1.